The van der Waals surface area contributed by atoms with Crippen LogP contribution in [0.2, 0.25) is 0 Å². The first-order valence-electron chi connectivity index (χ1n) is 10.9. The van der Waals surface area contributed by atoms with Crippen molar-refractivity contribution in [2.75, 3.05) is 13.2 Å². The molecule has 3 amide bonds. The SMILES string of the molecule is CCCNC(=O)[C@H]1[C@H]2C(=O)N([C@@H](CC)CO)C(C(=O)NC(C)(C)C)C23CC(Br)[C@@H]1S3. The van der Waals surface area contributed by atoms with E-state index in [0.717, 1.165) is 6.42 Å². The van der Waals surface area contributed by atoms with Crippen LogP contribution in [0.15, 0.2) is 0 Å². The molecule has 0 radical (unpaired) electrons. The van der Waals surface area contributed by atoms with Crippen molar-refractivity contribution in [2.45, 2.75) is 86.3 Å². The number of nitrogens with zero attached hydrogens (tertiary/aromatic N) is 1. The van der Waals surface area contributed by atoms with Crippen LogP contribution in [0.3, 0.4) is 0 Å². The van der Waals surface area contributed by atoms with Crippen LogP contribution >= 0.6 is 27.7 Å². The summed E-state index contributed by atoms with van der Waals surface area (Å²) in [4.78, 5) is 42.0. The number of nitrogens with one attached hydrogen (secondary N) is 2. The summed E-state index contributed by atoms with van der Waals surface area (Å²) < 4.78 is -0.665. The first-order valence-corrected chi connectivity index (χ1v) is 12.7. The predicted octanol–water partition coefficient (Wildman–Crippen LogP) is 1.66. The van der Waals surface area contributed by atoms with Crippen molar-refractivity contribution in [3.63, 3.8) is 0 Å². The number of amides is 3. The molecule has 0 aromatic heterocycles. The molecule has 0 saturated carbocycles. The zero-order chi connectivity index (χ0) is 22.4. The van der Waals surface area contributed by atoms with Gasteiger partial charge in [-0.3, -0.25) is 14.4 Å². The second-order valence-corrected chi connectivity index (χ2v) is 12.4. The predicted molar refractivity (Wildman–Crippen MR) is 121 cm³/mol. The van der Waals surface area contributed by atoms with Gasteiger partial charge in [-0.15, -0.1) is 11.8 Å². The van der Waals surface area contributed by atoms with Gasteiger partial charge in [0, 0.05) is 22.2 Å². The Balaban J connectivity index is 2.06. The van der Waals surface area contributed by atoms with Gasteiger partial charge in [0.2, 0.25) is 17.7 Å². The zero-order valence-electron chi connectivity index (χ0n) is 18.4. The normalized spacial score (nSPS) is 36.0. The Labute approximate surface area is 191 Å². The van der Waals surface area contributed by atoms with Crippen molar-refractivity contribution < 1.29 is 19.5 Å². The van der Waals surface area contributed by atoms with Crippen LogP contribution < -0.4 is 10.6 Å². The molecule has 1 spiro atoms. The molecule has 3 heterocycles. The molecule has 0 aromatic rings. The summed E-state index contributed by atoms with van der Waals surface area (Å²) in [6, 6.07) is -1.15. The van der Waals surface area contributed by atoms with Gasteiger partial charge >= 0.3 is 0 Å². The summed E-state index contributed by atoms with van der Waals surface area (Å²) in [6.45, 7) is 10.0. The van der Waals surface area contributed by atoms with Crippen molar-refractivity contribution in [1.82, 2.24) is 15.5 Å². The minimum atomic E-state index is -0.703. The Kier molecular flexibility index (Phi) is 6.85. The fourth-order valence-corrected chi connectivity index (χ4v) is 8.88. The highest BCUT2D eigenvalue weighted by atomic mass is 79.9. The molecule has 0 aromatic carbocycles. The van der Waals surface area contributed by atoms with Crippen LogP contribution in [-0.4, -0.2) is 73.3 Å². The molecule has 7 nitrogen and oxygen atoms in total. The van der Waals surface area contributed by atoms with Crippen LogP contribution in [0.5, 0.6) is 0 Å². The molecule has 3 rings (SSSR count). The van der Waals surface area contributed by atoms with Gasteiger partial charge in [-0.1, -0.05) is 29.8 Å². The molecule has 2 bridgehead atoms. The summed E-state index contributed by atoms with van der Waals surface area (Å²) in [7, 11) is 0. The van der Waals surface area contributed by atoms with E-state index in [0.29, 0.717) is 19.4 Å². The summed E-state index contributed by atoms with van der Waals surface area (Å²) in [5, 5.41) is 16.0. The van der Waals surface area contributed by atoms with Crippen LogP contribution in [0.1, 0.15) is 53.9 Å². The maximum atomic E-state index is 13.7. The molecule has 3 aliphatic rings. The molecule has 170 valence electrons. The third-order valence-corrected chi connectivity index (χ3v) is 9.62. The van der Waals surface area contributed by atoms with Gasteiger partial charge in [0.25, 0.3) is 0 Å². The van der Waals surface area contributed by atoms with Crippen LogP contribution in [0.4, 0.5) is 0 Å². The maximum Gasteiger partial charge on any atom is 0.244 e. The number of fused-ring (bicyclic) bond motifs is 1. The highest BCUT2D eigenvalue weighted by Gasteiger charge is 2.76. The van der Waals surface area contributed by atoms with Crippen molar-refractivity contribution in [1.29, 1.82) is 0 Å². The van der Waals surface area contributed by atoms with E-state index < -0.39 is 34.2 Å². The average molecular weight is 504 g/mol. The molecule has 9 heteroatoms. The molecule has 7 atom stereocenters. The number of hydrogen-bond donors (Lipinski definition) is 3. The number of alkyl halides is 1. The fraction of sp³-hybridized carbons (Fsp3) is 0.857. The molecule has 0 aliphatic carbocycles. The van der Waals surface area contributed by atoms with E-state index in [4.69, 9.17) is 0 Å². The first-order chi connectivity index (χ1) is 14.0. The van der Waals surface area contributed by atoms with Crippen molar-refractivity contribution in [3.05, 3.63) is 0 Å². The Hall–Kier alpha value is -0.800. The molecule has 3 N–H and O–H groups in total. The second-order valence-electron chi connectivity index (χ2n) is 9.68. The Morgan fingerprint density at radius 3 is 2.53 bits per heavy atom. The highest BCUT2D eigenvalue weighted by molar-refractivity contribution is 9.09. The summed E-state index contributed by atoms with van der Waals surface area (Å²) >= 11 is 5.36. The number of thioether (sulfide) groups is 1. The standard InChI is InChI=1S/C21H34BrN3O4S/c1-6-8-23-17(27)13-14-19(29)25(11(7-2)10-26)16(18(28)24-20(3,4)5)21(14)9-12(22)15(13)30-21/h11-16,26H,6-10H2,1-5H3,(H,23,27)(H,24,28)/t11-,12?,13-,14-,15-,16?,21?/m0/s1. The van der Waals surface area contributed by atoms with Gasteiger partial charge in [-0.25, -0.2) is 0 Å². The first kappa shape index (κ1) is 23.9. The summed E-state index contributed by atoms with van der Waals surface area (Å²) in [6.07, 6.45) is 2.02. The minimum Gasteiger partial charge on any atom is -0.394 e. The van der Waals surface area contributed by atoms with Gasteiger partial charge in [-0.2, -0.15) is 0 Å². The molecule has 3 aliphatic heterocycles. The number of aliphatic hydroxyl groups is 1. The lowest BCUT2D eigenvalue weighted by atomic mass is 9.70. The second kappa shape index (κ2) is 8.62. The zero-order valence-corrected chi connectivity index (χ0v) is 20.8. The number of carbonyl (C=O) groups excluding carboxylic acids is 3. The van der Waals surface area contributed by atoms with E-state index in [1.807, 2.05) is 34.6 Å². The van der Waals surface area contributed by atoms with Gasteiger partial charge in [-0.05, 0) is 40.0 Å². The number of carbonyl (C=O) groups is 3. The van der Waals surface area contributed by atoms with Crippen LogP contribution in [-0.2, 0) is 14.4 Å². The van der Waals surface area contributed by atoms with Gasteiger partial charge in [0.05, 0.1) is 29.2 Å². The fourth-order valence-electron chi connectivity index (χ4n) is 5.28. The van der Waals surface area contributed by atoms with E-state index in [-0.39, 0.29) is 34.4 Å². The van der Waals surface area contributed by atoms with Crippen molar-refractivity contribution in [2.24, 2.45) is 11.8 Å². The third kappa shape index (κ3) is 3.79. The molecule has 3 unspecified atom stereocenters. The number of likely N-dealkylation sites (tertiary alicyclic amines) is 1. The van der Waals surface area contributed by atoms with E-state index >= 15 is 0 Å². The van der Waals surface area contributed by atoms with Crippen LogP contribution in [0.25, 0.3) is 0 Å². The number of halogens is 1. The van der Waals surface area contributed by atoms with E-state index in [1.54, 1.807) is 16.7 Å². The quantitative estimate of drug-likeness (QED) is 0.459. The monoisotopic (exact) mass is 503 g/mol. The number of aliphatic hydroxyl groups excluding tert-OH is 1. The van der Waals surface area contributed by atoms with Crippen molar-refractivity contribution >= 4 is 45.4 Å². The van der Waals surface area contributed by atoms with E-state index in [9.17, 15) is 19.5 Å². The Morgan fingerprint density at radius 2 is 2.00 bits per heavy atom. The third-order valence-electron chi connectivity index (χ3n) is 6.40. The average Bonchev–Trinajstić information content (AvgIpc) is 3.23. The molecular formula is C21H34BrN3O4S. The van der Waals surface area contributed by atoms with E-state index in [1.165, 1.54) is 0 Å². The van der Waals surface area contributed by atoms with Crippen LogP contribution in [0, 0.1) is 11.8 Å². The highest BCUT2D eigenvalue weighted by Crippen LogP contribution is 2.68. The summed E-state index contributed by atoms with van der Waals surface area (Å²) in [5.74, 6) is -1.50. The number of rotatable bonds is 7. The Morgan fingerprint density at radius 1 is 1.33 bits per heavy atom. The smallest absolute Gasteiger partial charge is 0.244 e. The van der Waals surface area contributed by atoms with Crippen molar-refractivity contribution in [3.8, 4) is 0 Å². The topological polar surface area (TPSA) is 98.7 Å². The number of hydrogen-bond acceptors (Lipinski definition) is 5. The molecule has 30 heavy (non-hydrogen) atoms. The largest absolute Gasteiger partial charge is 0.394 e. The Bertz CT molecular complexity index is 711. The molecule has 3 fully saturated rings. The lowest BCUT2D eigenvalue weighted by Crippen LogP contribution is -2.59. The van der Waals surface area contributed by atoms with Gasteiger partial charge < -0.3 is 20.6 Å². The minimum absolute atomic E-state index is 0.0444. The van der Waals surface area contributed by atoms with Gasteiger partial charge in [0.15, 0.2) is 0 Å². The van der Waals surface area contributed by atoms with Gasteiger partial charge in [0.1, 0.15) is 6.04 Å². The summed E-state index contributed by atoms with van der Waals surface area (Å²) in [5.41, 5.74) is -0.450. The molecular weight excluding hydrogens is 470 g/mol. The molecule has 3 saturated heterocycles. The lowest BCUT2D eigenvalue weighted by molar-refractivity contribution is -0.143. The lowest BCUT2D eigenvalue weighted by Gasteiger charge is -2.38. The maximum absolute atomic E-state index is 13.7. The van der Waals surface area contributed by atoms with E-state index in [2.05, 4.69) is 26.6 Å².